The standard InChI is InChI=1S/C8H7BrO4/c9-5-2-1-4(3-6(10)11)7(12)8(5)13/h1-2,12-13H,3H2,(H,10,11). The minimum absolute atomic E-state index is 0.188. The van der Waals surface area contributed by atoms with Crippen molar-refractivity contribution < 1.29 is 20.1 Å². The first-order valence-electron chi connectivity index (χ1n) is 3.43. The lowest BCUT2D eigenvalue weighted by atomic mass is 10.1. The van der Waals surface area contributed by atoms with Gasteiger partial charge in [0, 0.05) is 5.56 Å². The summed E-state index contributed by atoms with van der Waals surface area (Å²) in [6.07, 6.45) is -0.313. The molecule has 5 heteroatoms. The molecular weight excluding hydrogens is 240 g/mol. The summed E-state index contributed by atoms with van der Waals surface area (Å²) in [6, 6.07) is 2.92. The topological polar surface area (TPSA) is 77.8 Å². The number of aromatic hydroxyl groups is 2. The molecule has 0 aromatic heterocycles. The Morgan fingerprint density at radius 1 is 1.31 bits per heavy atom. The molecule has 0 bridgehead atoms. The first-order valence-corrected chi connectivity index (χ1v) is 4.22. The fraction of sp³-hybridized carbons (Fsp3) is 0.125. The first kappa shape index (κ1) is 9.85. The van der Waals surface area contributed by atoms with Gasteiger partial charge in [-0.1, -0.05) is 6.07 Å². The van der Waals surface area contributed by atoms with Crippen molar-refractivity contribution in [2.45, 2.75) is 6.42 Å². The number of carbonyl (C=O) groups is 1. The Morgan fingerprint density at radius 2 is 1.92 bits per heavy atom. The maximum absolute atomic E-state index is 10.3. The maximum Gasteiger partial charge on any atom is 0.307 e. The van der Waals surface area contributed by atoms with Crippen molar-refractivity contribution in [2.24, 2.45) is 0 Å². The van der Waals surface area contributed by atoms with Gasteiger partial charge in [0.2, 0.25) is 0 Å². The van der Waals surface area contributed by atoms with Crippen molar-refractivity contribution in [2.75, 3.05) is 0 Å². The lowest BCUT2D eigenvalue weighted by Crippen LogP contribution is -2.00. The molecule has 0 atom stereocenters. The molecule has 13 heavy (non-hydrogen) atoms. The Bertz CT molecular complexity index is 348. The van der Waals surface area contributed by atoms with Crippen LogP contribution in [0, 0.1) is 0 Å². The minimum Gasteiger partial charge on any atom is -0.504 e. The second-order valence-electron chi connectivity index (χ2n) is 2.47. The smallest absolute Gasteiger partial charge is 0.307 e. The van der Waals surface area contributed by atoms with E-state index in [1.807, 2.05) is 0 Å². The van der Waals surface area contributed by atoms with Gasteiger partial charge in [-0.05, 0) is 22.0 Å². The zero-order chi connectivity index (χ0) is 10.0. The summed E-state index contributed by atoms with van der Waals surface area (Å²) in [4.78, 5) is 10.3. The van der Waals surface area contributed by atoms with E-state index in [4.69, 9.17) is 5.11 Å². The van der Waals surface area contributed by atoms with Gasteiger partial charge in [0.1, 0.15) is 0 Å². The van der Waals surface area contributed by atoms with E-state index in [0.29, 0.717) is 4.47 Å². The molecule has 0 amide bonds. The van der Waals surface area contributed by atoms with E-state index in [2.05, 4.69) is 15.9 Å². The molecular formula is C8H7BrO4. The van der Waals surface area contributed by atoms with Crippen molar-refractivity contribution >= 4 is 21.9 Å². The molecule has 70 valence electrons. The monoisotopic (exact) mass is 246 g/mol. The van der Waals surface area contributed by atoms with Gasteiger partial charge in [-0.25, -0.2) is 0 Å². The second-order valence-corrected chi connectivity index (χ2v) is 3.33. The third-order valence-electron chi connectivity index (χ3n) is 1.53. The molecule has 0 saturated heterocycles. The van der Waals surface area contributed by atoms with Crippen LogP contribution in [0.5, 0.6) is 11.5 Å². The Hall–Kier alpha value is -1.23. The van der Waals surface area contributed by atoms with Gasteiger partial charge in [-0.3, -0.25) is 4.79 Å². The number of phenols is 2. The third kappa shape index (κ3) is 2.12. The quantitative estimate of drug-likeness (QED) is 0.692. The van der Waals surface area contributed by atoms with E-state index in [9.17, 15) is 15.0 Å². The molecule has 0 fully saturated rings. The van der Waals surface area contributed by atoms with Crippen LogP contribution >= 0.6 is 15.9 Å². The van der Waals surface area contributed by atoms with E-state index in [-0.39, 0.29) is 17.7 Å². The highest BCUT2D eigenvalue weighted by atomic mass is 79.9. The van der Waals surface area contributed by atoms with Crippen LogP contribution in [0.2, 0.25) is 0 Å². The summed E-state index contributed by atoms with van der Waals surface area (Å²) in [5.41, 5.74) is 0.188. The Morgan fingerprint density at radius 3 is 2.46 bits per heavy atom. The number of hydrogen-bond donors (Lipinski definition) is 3. The van der Waals surface area contributed by atoms with E-state index < -0.39 is 11.7 Å². The molecule has 0 aliphatic carbocycles. The molecule has 0 aliphatic rings. The predicted molar refractivity (Wildman–Crippen MR) is 48.8 cm³/mol. The fourth-order valence-electron chi connectivity index (χ4n) is 0.902. The number of phenolic OH excluding ortho intramolecular Hbond substituents is 2. The lowest BCUT2D eigenvalue weighted by molar-refractivity contribution is -0.136. The number of carboxylic acid groups (broad SMARTS) is 1. The number of benzene rings is 1. The summed E-state index contributed by atoms with van der Waals surface area (Å²) >= 11 is 2.99. The second kappa shape index (κ2) is 3.66. The molecule has 0 aliphatic heterocycles. The Balaban J connectivity index is 3.10. The Kier molecular flexibility index (Phi) is 2.77. The number of halogens is 1. The summed E-state index contributed by atoms with van der Waals surface area (Å²) in [5, 5.41) is 26.9. The average Bonchev–Trinajstić information content (AvgIpc) is 2.06. The molecule has 1 aromatic carbocycles. The van der Waals surface area contributed by atoms with Gasteiger partial charge in [0.15, 0.2) is 11.5 Å². The summed E-state index contributed by atoms with van der Waals surface area (Å²) in [7, 11) is 0. The van der Waals surface area contributed by atoms with Crippen LogP contribution in [0.4, 0.5) is 0 Å². The molecule has 0 unspecified atom stereocenters. The van der Waals surface area contributed by atoms with Gasteiger partial charge < -0.3 is 15.3 Å². The molecule has 1 aromatic rings. The summed E-state index contributed by atoms with van der Waals surface area (Å²) in [5.74, 6) is -1.78. The summed E-state index contributed by atoms with van der Waals surface area (Å²) < 4.78 is 0.333. The van der Waals surface area contributed by atoms with Gasteiger partial charge >= 0.3 is 5.97 Å². The molecule has 1 rings (SSSR count). The normalized spacial score (nSPS) is 9.92. The minimum atomic E-state index is -1.06. The van der Waals surface area contributed by atoms with E-state index >= 15 is 0 Å². The fourth-order valence-corrected chi connectivity index (χ4v) is 1.22. The SMILES string of the molecule is O=C(O)Cc1ccc(Br)c(O)c1O. The number of rotatable bonds is 2. The van der Waals surface area contributed by atoms with Gasteiger partial charge in [0.25, 0.3) is 0 Å². The van der Waals surface area contributed by atoms with Gasteiger partial charge in [0.05, 0.1) is 10.9 Å². The highest BCUT2D eigenvalue weighted by Crippen LogP contribution is 2.36. The molecule has 0 radical (unpaired) electrons. The van der Waals surface area contributed by atoms with E-state index in [1.165, 1.54) is 12.1 Å². The van der Waals surface area contributed by atoms with Crippen molar-refractivity contribution in [1.82, 2.24) is 0 Å². The van der Waals surface area contributed by atoms with Gasteiger partial charge in [-0.15, -0.1) is 0 Å². The first-order chi connectivity index (χ1) is 6.02. The van der Waals surface area contributed by atoms with Gasteiger partial charge in [-0.2, -0.15) is 0 Å². The Labute approximate surface area is 82.6 Å². The molecule has 0 heterocycles. The molecule has 0 saturated carbocycles. The number of aliphatic carboxylic acids is 1. The highest BCUT2D eigenvalue weighted by molar-refractivity contribution is 9.10. The number of carboxylic acids is 1. The summed E-state index contributed by atoms with van der Waals surface area (Å²) in [6.45, 7) is 0. The van der Waals surface area contributed by atoms with Crippen molar-refractivity contribution in [1.29, 1.82) is 0 Å². The molecule has 0 spiro atoms. The van der Waals surface area contributed by atoms with Crippen LogP contribution in [-0.4, -0.2) is 21.3 Å². The van der Waals surface area contributed by atoms with Crippen molar-refractivity contribution in [3.05, 3.63) is 22.2 Å². The van der Waals surface area contributed by atoms with Crippen LogP contribution in [-0.2, 0) is 11.2 Å². The third-order valence-corrected chi connectivity index (χ3v) is 2.17. The largest absolute Gasteiger partial charge is 0.504 e. The van der Waals surface area contributed by atoms with Crippen molar-refractivity contribution in [3.8, 4) is 11.5 Å². The zero-order valence-electron chi connectivity index (χ0n) is 6.49. The van der Waals surface area contributed by atoms with Crippen LogP contribution in [0.1, 0.15) is 5.56 Å². The van der Waals surface area contributed by atoms with Crippen LogP contribution in [0.3, 0.4) is 0 Å². The number of hydrogen-bond acceptors (Lipinski definition) is 3. The van der Waals surface area contributed by atoms with Crippen LogP contribution < -0.4 is 0 Å². The molecule has 4 nitrogen and oxygen atoms in total. The van der Waals surface area contributed by atoms with E-state index in [0.717, 1.165) is 0 Å². The molecule has 3 N–H and O–H groups in total. The van der Waals surface area contributed by atoms with E-state index in [1.54, 1.807) is 0 Å². The zero-order valence-corrected chi connectivity index (χ0v) is 8.08. The average molecular weight is 247 g/mol. The van der Waals surface area contributed by atoms with Crippen molar-refractivity contribution in [3.63, 3.8) is 0 Å². The maximum atomic E-state index is 10.3. The van der Waals surface area contributed by atoms with Crippen LogP contribution in [0.15, 0.2) is 16.6 Å². The predicted octanol–water partition coefficient (Wildman–Crippen LogP) is 1.49. The van der Waals surface area contributed by atoms with Crippen LogP contribution in [0.25, 0.3) is 0 Å². The highest BCUT2D eigenvalue weighted by Gasteiger charge is 2.11. The lowest BCUT2D eigenvalue weighted by Gasteiger charge is -2.04.